The molecule has 0 unspecified atom stereocenters. The number of amides is 2. The van der Waals surface area contributed by atoms with Gasteiger partial charge in [-0.15, -0.1) is 0 Å². The van der Waals surface area contributed by atoms with Crippen molar-refractivity contribution in [3.63, 3.8) is 0 Å². The predicted molar refractivity (Wildman–Crippen MR) is 91.6 cm³/mol. The normalized spacial score (nSPS) is 12.1. The van der Waals surface area contributed by atoms with Gasteiger partial charge in [0, 0.05) is 12.1 Å². The summed E-state index contributed by atoms with van der Waals surface area (Å²) in [5.74, 6) is 0.695. The number of nitrogens with one attached hydrogen (secondary N) is 2. The lowest BCUT2D eigenvalue weighted by Gasteiger charge is -2.22. The highest BCUT2D eigenvalue weighted by molar-refractivity contribution is 5.97. The molecule has 1 aromatic carbocycles. The number of carbonyl (C=O) groups excluding carboxylic acids is 2. The Morgan fingerprint density at radius 3 is 2.17 bits per heavy atom. The van der Waals surface area contributed by atoms with Crippen molar-refractivity contribution in [3.8, 4) is 5.75 Å². The highest BCUT2D eigenvalue weighted by Gasteiger charge is 2.24. The number of hydrogen-bond donors (Lipinski definition) is 2. The topological polar surface area (TPSA) is 67.4 Å². The average molecular weight is 320 g/mol. The molecule has 0 saturated carbocycles. The van der Waals surface area contributed by atoms with E-state index >= 15 is 0 Å². The van der Waals surface area contributed by atoms with E-state index in [1.807, 2.05) is 34.6 Å². The van der Waals surface area contributed by atoms with Crippen LogP contribution in [0.4, 0.5) is 0 Å². The van der Waals surface area contributed by atoms with Gasteiger partial charge in [0.25, 0.3) is 5.91 Å². The van der Waals surface area contributed by atoms with Crippen molar-refractivity contribution in [1.29, 1.82) is 0 Å². The maximum Gasteiger partial charge on any atom is 0.251 e. The predicted octanol–water partition coefficient (Wildman–Crippen LogP) is 2.61. The Hall–Kier alpha value is -2.04. The summed E-state index contributed by atoms with van der Waals surface area (Å²) in [6.45, 7) is 11.0. The second kappa shape index (κ2) is 9.18. The molecule has 0 heterocycles. The third-order valence-corrected chi connectivity index (χ3v) is 3.35. The van der Waals surface area contributed by atoms with Crippen LogP contribution in [0.25, 0.3) is 0 Å². The maximum atomic E-state index is 12.3. The molecule has 0 radical (unpaired) electrons. The molecule has 128 valence electrons. The van der Waals surface area contributed by atoms with Crippen LogP contribution < -0.4 is 15.4 Å². The molecule has 0 saturated heterocycles. The molecular formula is C18H28N2O3. The molecule has 0 aliphatic carbocycles. The second-order valence-electron chi connectivity index (χ2n) is 6.29. The van der Waals surface area contributed by atoms with Gasteiger partial charge in [-0.05, 0) is 43.0 Å². The van der Waals surface area contributed by atoms with E-state index < -0.39 is 6.04 Å². The molecule has 0 bridgehead atoms. The van der Waals surface area contributed by atoms with Crippen LogP contribution in [0.5, 0.6) is 5.75 Å². The van der Waals surface area contributed by atoms with Crippen LogP contribution >= 0.6 is 0 Å². The van der Waals surface area contributed by atoms with E-state index in [0.717, 1.165) is 5.75 Å². The number of hydrogen-bond acceptors (Lipinski definition) is 3. The monoisotopic (exact) mass is 320 g/mol. The van der Waals surface area contributed by atoms with Gasteiger partial charge in [-0.3, -0.25) is 9.59 Å². The Balaban J connectivity index is 2.71. The fourth-order valence-corrected chi connectivity index (χ4v) is 2.04. The summed E-state index contributed by atoms with van der Waals surface area (Å²) < 4.78 is 5.36. The first kappa shape index (κ1) is 19.0. The Morgan fingerprint density at radius 2 is 1.70 bits per heavy atom. The fourth-order valence-electron chi connectivity index (χ4n) is 2.04. The number of benzene rings is 1. The molecule has 2 amide bonds. The van der Waals surface area contributed by atoms with Crippen LogP contribution in [0.15, 0.2) is 24.3 Å². The molecule has 1 rings (SSSR count). The van der Waals surface area contributed by atoms with E-state index in [1.54, 1.807) is 24.3 Å². The third kappa shape index (κ3) is 6.30. The summed E-state index contributed by atoms with van der Waals surface area (Å²) in [6, 6.07) is 6.35. The van der Waals surface area contributed by atoms with E-state index in [0.29, 0.717) is 24.6 Å². The van der Waals surface area contributed by atoms with Gasteiger partial charge < -0.3 is 15.4 Å². The molecule has 5 nitrogen and oxygen atoms in total. The molecule has 0 aliphatic heterocycles. The summed E-state index contributed by atoms with van der Waals surface area (Å²) in [6.07, 6.45) is 0. The zero-order chi connectivity index (χ0) is 17.4. The van der Waals surface area contributed by atoms with Crippen molar-refractivity contribution in [2.24, 2.45) is 11.8 Å². The molecule has 5 heteroatoms. The van der Waals surface area contributed by atoms with E-state index in [4.69, 9.17) is 4.74 Å². The number of rotatable bonds is 8. The zero-order valence-electron chi connectivity index (χ0n) is 14.7. The van der Waals surface area contributed by atoms with Crippen LogP contribution in [0.1, 0.15) is 45.0 Å². The van der Waals surface area contributed by atoms with Crippen LogP contribution in [0.3, 0.4) is 0 Å². The van der Waals surface area contributed by atoms with Crippen molar-refractivity contribution in [2.75, 3.05) is 13.2 Å². The lowest BCUT2D eigenvalue weighted by Crippen LogP contribution is -2.50. The SMILES string of the molecule is CCOc1ccc(C(=O)N[C@@H](C(=O)NCC(C)C)C(C)C)cc1. The fraction of sp³-hybridized carbons (Fsp3) is 0.556. The minimum atomic E-state index is -0.548. The summed E-state index contributed by atoms with van der Waals surface area (Å²) in [5.41, 5.74) is 0.510. The quantitative estimate of drug-likeness (QED) is 0.774. The first-order valence-electron chi connectivity index (χ1n) is 8.16. The maximum absolute atomic E-state index is 12.3. The first-order valence-corrected chi connectivity index (χ1v) is 8.16. The second-order valence-corrected chi connectivity index (χ2v) is 6.29. The highest BCUT2D eigenvalue weighted by Crippen LogP contribution is 2.13. The lowest BCUT2D eigenvalue weighted by molar-refractivity contribution is -0.124. The Bertz CT molecular complexity index is 510. The molecular weight excluding hydrogens is 292 g/mol. The molecule has 1 aromatic rings. The third-order valence-electron chi connectivity index (χ3n) is 3.35. The minimum Gasteiger partial charge on any atom is -0.494 e. The summed E-state index contributed by atoms with van der Waals surface area (Å²) in [7, 11) is 0. The summed E-state index contributed by atoms with van der Waals surface area (Å²) in [5, 5.41) is 5.69. The van der Waals surface area contributed by atoms with Crippen molar-refractivity contribution >= 4 is 11.8 Å². The smallest absolute Gasteiger partial charge is 0.251 e. The molecule has 0 fully saturated rings. The lowest BCUT2D eigenvalue weighted by atomic mass is 10.0. The number of ether oxygens (including phenoxy) is 1. The number of carbonyl (C=O) groups is 2. The standard InChI is InChI=1S/C18H28N2O3/c1-6-23-15-9-7-14(8-10-15)17(21)20-16(13(4)5)18(22)19-11-12(2)3/h7-10,12-13,16H,6,11H2,1-5H3,(H,19,22)(H,20,21)/t16-/m1/s1. The van der Waals surface area contributed by atoms with Crippen LogP contribution in [0, 0.1) is 11.8 Å². The van der Waals surface area contributed by atoms with Crippen molar-refractivity contribution in [1.82, 2.24) is 10.6 Å². The van der Waals surface area contributed by atoms with Crippen LogP contribution in [-0.2, 0) is 4.79 Å². The molecule has 2 N–H and O–H groups in total. The Kier molecular flexibility index (Phi) is 7.59. The van der Waals surface area contributed by atoms with Crippen molar-refractivity contribution in [3.05, 3.63) is 29.8 Å². The minimum absolute atomic E-state index is 0.00816. The van der Waals surface area contributed by atoms with Gasteiger partial charge in [0.2, 0.25) is 5.91 Å². The van der Waals surface area contributed by atoms with Gasteiger partial charge >= 0.3 is 0 Å². The first-order chi connectivity index (χ1) is 10.8. The van der Waals surface area contributed by atoms with Gasteiger partial charge in [0.15, 0.2) is 0 Å². The molecule has 0 aromatic heterocycles. The molecule has 1 atom stereocenters. The van der Waals surface area contributed by atoms with Crippen molar-refractivity contribution in [2.45, 2.75) is 40.7 Å². The van der Waals surface area contributed by atoms with Gasteiger partial charge in [0.05, 0.1) is 6.61 Å². The zero-order valence-corrected chi connectivity index (χ0v) is 14.7. The van der Waals surface area contributed by atoms with Gasteiger partial charge in [-0.25, -0.2) is 0 Å². The van der Waals surface area contributed by atoms with Crippen molar-refractivity contribution < 1.29 is 14.3 Å². The van der Waals surface area contributed by atoms with Crippen LogP contribution in [0.2, 0.25) is 0 Å². The highest BCUT2D eigenvalue weighted by atomic mass is 16.5. The average Bonchev–Trinajstić information content (AvgIpc) is 2.50. The molecule has 23 heavy (non-hydrogen) atoms. The largest absolute Gasteiger partial charge is 0.494 e. The Labute approximate surface area is 138 Å². The Morgan fingerprint density at radius 1 is 1.09 bits per heavy atom. The van der Waals surface area contributed by atoms with Gasteiger partial charge in [-0.2, -0.15) is 0 Å². The van der Waals surface area contributed by atoms with E-state index in [1.165, 1.54) is 0 Å². The molecule has 0 spiro atoms. The van der Waals surface area contributed by atoms with E-state index in [9.17, 15) is 9.59 Å². The van der Waals surface area contributed by atoms with E-state index in [-0.39, 0.29) is 17.7 Å². The van der Waals surface area contributed by atoms with E-state index in [2.05, 4.69) is 10.6 Å². The summed E-state index contributed by atoms with van der Waals surface area (Å²) in [4.78, 5) is 24.6. The van der Waals surface area contributed by atoms with Gasteiger partial charge in [-0.1, -0.05) is 27.7 Å². The van der Waals surface area contributed by atoms with Crippen LogP contribution in [-0.4, -0.2) is 31.0 Å². The van der Waals surface area contributed by atoms with Gasteiger partial charge in [0.1, 0.15) is 11.8 Å². The molecule has 0 aliphatic rings. The summed E-state index contributed by atoms with van der Waals surface area (Å²) >= 11 is 0.